The number of nitrogens with one attached hydrogen (secondary N) is 1. The zero-order valence-electron chi connectivity index (χ0n) is 7.34. The lowest BCUT2D eigenvalue weighted by Crippen LogP contribution is -2.01. The Morgan fingerprint density at radius 3 is 3.00 bits per heavy atom. The highest BCUT2D eigenvalue weighted by molar-refractivity contribution is 5.92. The summed E-state index contributed by atoms with van der Waals surface area (Å²) >= 11 is 0. The number of carbonyl (C=O) groups is 1. The molecule has 0 bridgehead atoms. The number of hydrogen-bond donors (Lipinski definition) is 2. The molecule has 2 aromatic heterocycles. The largest absolute Gasteiger partial charge is 0.478 e. The summed E-state index contributed by atoms with van der Waals surface area (Å²) in [4.78, 5) is 17.2. The number of aromatic carboxylic acids is 1. The van der Waals surface area contributed by atoms with Gasteiger partial charge in [-0.05, 0) is 13.0 Å². The predicted molar refractivity (Wildman–Crippen MR) is 47.7 cm³/mol. The summed E-state index contributed by atoms with van der Waals surface area (Å²) in [5.74, 6) is -2.05. The van der Waals surface area contributed by atoms with Gasteiger partial charge in [0, 0.05) is 11.9 Å². The van der Waals surface area contributed by atoms with E-state index in [1.54, 1.807) is 6.92 Å². The highest BCUT2D eigenvalue weighted by atomic mass is 19.1. The summed E-state index contributed by atoms with van der Waals surface area (Å²) in [7, 11) is 0. The molecule has 2 aromatic rings. The lowest BCUT2D eigenvalue weighted by molar-refractivity contribution is 0.0692. The van der Waals surface area contributed by atoms with Crippen molar-refractivity contribution in [2.75, 3.05) is 0 Å². The number of pyridine rings is 1. The number of nitrogens with zero attached hydrogens (tertiary/aromatic N) is 1. The van der Waals surface area contributed by atoms with Gasteiger partial charge in [0.2, 0.25) is 0 Å². The number of aromatic nitrogens is 2. The molecule has 0 amide bonds. The van der Waals surface area contributed by atoms with Crippen molar-refractivity contribution in [1.29, 1.82) is 0 Å². The Labute approximate surface area is 78.4 Å². The fourth-order valence-corrected chi connectivity index (χ4v) is 1.32. The van der Waals surface area contributed by atoms with Gasteiger partial charge < -0.3 is 10.1 Å². The van der Waals surface area contributed by atoms with E-state index in [0.717, 1.165) is 11.9 Å². The molecule has 4 nitrogen and oxygen atoms in total. The molecule has 0 fully saturated rings. The molecular formula is C9H7FN2O2. The quantitative estimate of drug-likeness (QED) is 0.726. The van der Waals surface area contributed by atoms with E-state index in [9.17, 15) is 9.18 Å². The van der Waals surface area contributed by atoms with E-state index in [2.05, 4.69) is 9.97 Å². The molecule has 0 spiro atoms. The van der Waals surface area contributed by atoms with Crippen molar-refractivity contribution in [3.63, 3.8) is 0 Å². The molecule has 0 aliphatic carbocycles. The van der Waals surface area contributed by atoms with Crippen molar-refractivity contribution in [1.82, 2.24) is 9.97 Å². The van der Waals surface area contributed by atoms with Gasteiger partial charge in [-0.2, -0.15) is 0 Å². The summed E-state index contributed by atoms with van der Waals surface area (Å²) in [6, 6.07) is 1.53. The normalized spacial score (nSPS) is 10.7. The molecule has 72 valence electrons. The number of hydrogen-bond acceptors (Lipinski definition) is 2. The molecule has 5 heteroatoms. The number of carboxylic acid groups (broad SMARTS) is 1. The molecule has 2 N–H and O–H groups in total. The van der Waals surface area contributed by atoms with Gasteiger partial charge >= 0.3 is 5.97 Å². The van der Waals surface area contributed by atoms with Gasteiger partial charge in [0.25, 0.3) is 0 Å². The molecule has 2 heterocycles. The van der Waals surface area contributed by atoms with E-state index in [4.69, 9.17) is 5.11 Å². The van der Waals surface area contributed by atoms with E-state index in [0.29, 0.717) is 5.65 Å². The van der Waals surface area contributed by atoms with Crippen molar-refractivity contribution >= 4 is 17.0 Å². The van der Waals surface area contributed by atoms with Crippen LogP contribution >= 0.6 is 0 Å². The van der Waals surface area contributed by atoms with E-state index >= 15 is 0 Å². The number of carboxylic acids is 1. The number of rotatable bonds is 1. The monoisotopic (exact) mass is 194 g/mol. The van der Waals surface area contributed by atoms with Crippen LogP contribution in [0.2, 0.25) is 0 Å². The Hall–Kier alpha value is -1.91. The van der Waals surface area contributed by atoms with Crippen LogP contribution in [-0.2, 0) is 0 Å². The molecule has 0 atom stereocenters. The van der Waals surface area contributed by atoms with Crippen molar-refractivity contribution in [2.45, 2.75) is 6.92 Å². The van der Waals surface area contributed by atoms with Gasteiger partial charge in [-0.15, -0.1) is 0 Å². The first kappa shape index (κ1) is 8.68. The SMILES string of the molecule is Cc1cc2c(F)c(C(=O)O)cnc2[nH]1. The van der Waals surface area contributed by atoms with Crippen molar-refractivity contribution in [3.05, 3.63) is 29.3 Å². The van der Waals surface area contributed by atoms with Crippen molar-refractivity contribution in [3.8, 4) is 0 Å². The zero-order valence-corrected chi connectivity index (χ0v) is 7.34. The molecule has 0 aliphatic rings. The average Bonchev–Trinajstić information content (AvgIpc) is 2.46. The van der Waals surface area contributed by atoms with Crippen molar-refractivity contribution < 1.29 is 14.3 Å². The van der Waals surface area contributed by atoms with Crippen LogP contribution in [0.1, 0.15) is 16.1 Å². The van der Waals surface area contributed by atoms with Gasteiger partial charge in [0.1, 0.15) is 17.0 Å². The molecule has 0 aliphatic heterocycles. The Kier molecular flexibility index (Phi) is 1.73. The second-order valence-corrected chi connectivity index (χ2v) is 3.01. The van der Waals surface area contributed by atoms with Crippen LogP contribution in [0, 0.1) is 12.7 Å². The summed E-state index contributed by atoms with van der Waals surface area (Å²) in [6.07, 6.45) is 1.01. The summed E-state index contributed by atoms with van der Waals surface area (Å²) in [5, 5.41) is 8.85. The number of aromatic amines is 1. The highest BCUT2D eigenvalue weighted by Crippen LogP contribution is 2.19. The van der Waals surface area contributed by atoms with E-state index < -0.39 is 17.3 Å². The van der Waals surface area contributed by atoms with Crippen LogP contribution in [0.5, 0.6) is 0 Å². The Balaban J connectivity index is 2.80. The maximum atomic E-state index is 13.5. The van der Waals surface area contributed by atoms with Gasteiger partial charge in [0.05, 0.1) is 5.39 Å². The van der Waals surface area contributed by atoms with Gasteiger partial charge in [-0.1, -0.05) is 0 Å². The summed E-state index contributed by atoms with van der Waals surface area (Å²) in [5.41, 5.74) is 0.704. The maximum Gasteiger partial charge on any atom is 0.340 e. The number of H-pyrrole nitrogens is 1. The van der Waals surface area contributed by atoms with Crippen LogP contribution in [0.25, 0.3) is 11.0 Å². The van der Waals surface area contributed by atoms with E-state index in [1.165, 1.54) is 6.07 Å². The molecular weight excluding hydrogens is 187 g/mol. The Morgan fingerprint density at radius 1 is 1.64 bits per heavy atom. The first-order valence-electron chi connectivity index (χ1n) is 3.96. The topological polar surface area (TPSA) is 66.0 Å². The minimum absolute atomic E-state index is 0.211. The number of aryl methyl sites for hydroxylation is 1. The predicted octanol–water partition coefficient (Wildman–Crippen LogP) is 1.71. The summed E-state index contributed by atoms with van der Waals surface area (Å²) < 4.78 is 13.5. The lowest BCUT2D eigenvalue weighted by atomic mass is 10.2. The van der Waals surface area contributed by atoms with Crippen LogP contribution in [0.4, 0.5) is 4.39 Å². The van der Waals surface area contributed by atoms with Crippen LogP contribution in [-0.4, -0.2) is 21.0 Å². The van der Waals surface area contributed by atoms with Gasteiger partial charge in [-0.25, -0.2) is 14.2 Å². The Morgan fingerprint density at radius 2 is 2.36 bits per heavy atom. The standard InChI is InChI=1S/C9H7FN2O2/c1-4-2-5-7(10)6(9(13)14)3-11-8(5)12-4/h2-3H,1H3,(H,11,12)(H,13,14). The highest BCUT2D eigenvalue weighted by Gasteiger charge is 2.15. The molecule has 2 rings (SSSR count). The zero-order chi connectivity index (χ0) is 10.3. The van der Waals surface area contributed by atoms with Gasteiger partial charge in [0.15, 0.2) is 0 Å². The third kappa shape index (κ3) is 1.14. The second-order valence-electron chi connectivity index (χ2n) is 3.01. The van der Waals surface area contributed by atoms with E-state index in [1.807, 2.05) is 0 Å². The third-order valence-electron chi connectivity index (χ3n) is 1.96. The summed E-state index contributed by atoms with van der Waals surface area (Å²) in [6.45, 7) is 1.75. The van der Waals surface area contributed by atoms with Crippen LogP contribution in [0.3, 0.4) is 0 Å². The third-order valence-corrected chi connectivity index (χ3v) is 1.96. The first-order chi connectivity index (χ1) is 6.59. The molecule has 0 saturated heterocycles. The average molecular weight is 194 g/mol. The lowest BCUT2D eigenvalue weighted by Gasteiger charge is -1.96. The molecule has 0 saturated carbocycles. The fraction of sp³-hybridized carbons (Fsp3) is 0.111. The molecule has 0 unspecified atom stereocenters. The Bertz CT molecular complexity index is 519. The molecule has 0 radical (unpaired) electrons. The minimum atomic E-state index is -1.31. The number of fused-ring (bicyclic) bond motifs is 1. The molecule has 14 heavy (non-hydrogen) atoms. The maximum absolute atomic E-state index is 13.5. The first-order valence-corrected chi connectivity index (χ1v) is 3.96. The van der Waals surface area contributed by atoms with Crippen LogP contribution in [0.15, 0.2) is 12.3 Å². The van der Waals surface area contributed by atoms with E-state index in [-0.39, 0.29) is 5.39 Å². The van der Waals surface area contributed by atoms with Crippen LogP contribution < -0.4 is 0 Å². The number of halogens is 1. The molecule has 0 aromatic carbocycles. The smallest absolute Gasteiger partial charge is 0.340 e. The van der Waals surface area contributed by atoms with Crippen molar-refractivity contribution in [2.24, 2.45) is 0 Å². The second kappa shape index (κ2) is 2.80. The fourth-order valence-electron chi connectivity index (χ4n) is 1.32. The minimum Gasteiger partial charge on any atom is -0.478 e. The van der Waals surface area contributed by atoms with Gasteiger partial charge in [-0.3, -0.25) is 0 Å².